The monoisotopic (exact) mass is 224 g/mol. The van der Waals surface area contributed by atoms with Crippen LogP contribution in [0.2, 0.25) is 0 Å². The first kappa shape index (κ1) is 14.5. The summed E-state index contributed by atoms with van der Waals surface area (Å²) in [6, 6.07) is 0. The van der Waals surface area contributed by atoms with Crippen LogP contribution in [-0.4, -0.2) is 12.0 Å². The van der Waals surface area contributed by atoms with Crippen LogP contribution >= 0.6 is 0 Å². The third kappa shape index (κ3) is 5.19. The zero-order valence-electron chi connectivity index (χ0n) is 9.69. The van der Waals surface area contributed by atoms with Gasteiger partial charge in [0.15, 0.2) is 0 Å². The molecule has 1 nitrogen and oxygen atoms in total. The van der Waals surface area contributed by atoms with E-state index >= 15 is 0 Å². The lowest BCUT2D eigenvalue weighted by Crippen LogP contribution is -2.33. The Morgan fingerprint density at radius 1 is 1.07 bits per heavy atom. The number of ketones is 1. The zero-order chi connectivity index (χ0) is 12.2. The van der Waals surface area contributed by atoms with Crippen LogP contribution in [0.25, 0.3) is 0 Å². The van der Waals surface area contributed by atoms with Crippen LogP contribution in [0.5, 0.6) is 0 Å². The van der Waals surface area contributed by atoms with Crippen LogP contribution in [0.3, 0.4) is 0 Å². The fourth-order valence-corrected chi connectivity index (χ4v) is 1.37. The molecule has 0 aromatic carbocycles. The molecule has 0 unspecified atom stereocenters. The minimum Gasteiger partial charge on any atom is -0.299 e. The summed E-state index contributed by atoms with van der Waals surface area (Å²) in [6.07, 6.45) is -4.04. The summed E-state index contributed by atoms with van der Waals surface area (Å²) >= 11 is 0. The fourth-order valence-electron chi connectivity index (χ4n) is 1.37. The molecule has 0 aliphatic heterocycles. The highest BCUT2D eigenvalue weighted by atomic mass is 19.4. The summed E-state index contributed by atoms with van der Waals surface area (Å²) in [4.78, 5) is 11.4. The van der Waals surface area contributed by atoms with Crippen molar-refractivity contribution in [3.63, 3.8) is 0 Å². The van der Waals surface area contributed by atoms with E-state index in [9.17, 15) is 18.0 Å². The molecule has 0 heterocycles. The van der Waals surface area contributed by atoms with Crippen molar-refractivity contribution < 1.29 is 18.0 Å². The Balaban J connectivity index is 4.53. The number of Topliss-reactive ketones (excluding diaryl/α,β-unsaturated/α-hetero) is 1. The molecule has 1 atom stereocenters. The van der Waals surface area contributed by atoms with Crippen molar-refractivity contribution >= 4 is 5.78 Å². The SMILES string of the molecule is CC(C)CC[C@H](C(=O)C(C)C)C(F)(F)F. The Labute approximate surface area is 89.0 Å². The van der Waals surface area contributed by atoms with E-state index in [0.717, 1.165) is 0 Å². The van der Waals surface area contributed by atoms with Crippen molar-refractivity contribution in [1.82, 2.24) is 0 Å². The van der Waals surface area contributed by atoms with Gasteiger partial charge in [0, 0.05) is 5.92 Å². The molecule has 0 aliphatic rings. The number of rotatable bonds is 5. The molecule has 0 N–H and O–H groups in total. The lowest BCUT2D eigenvalue weighted by molar-refractivity contribution is -0.185. The molecular weight excluding hydrogens is 205 g/mol. The average molecular weight is 224 g/mol. The molecule has 0 aromatic heterocycles. The van der Waals surface area contributed by atoms with Gasteiger partial charge in [-0.3, -0.25) is 4.79 Å². The third-order valence-corrected chi connectivity index (χ3v) is 2.34. The Hall–Kier alpha value is -0.540. The van der Waals surface area contributed by atoms with Crippen molar-refractivity contribution in [2.45, 2.75) is 46.7 Å². The standard InChI is InChI=1S/C11H19F3O/c1-7(2)5-6-9(11(12,13)14)10(15)8(3)4/h7-9H,5-6H2,1-4H3/t9-/m1/s1. The molecule has 0 aliphatic carbocycles. The normalized spacial score (nSPS) is 14.7. The first-order chi connectivity index (χ1) is 6.66. The summed E-state index contributed by atoms with van der Waals surface area (Å²) in [5.41, 5.74) is 0. The van der Waals surface area contributed by atoms with Crippen molar-refractivity contribution in [2.24, 2.45) is 17.8 Å². The van der Waals surface area contributed by atoms with Gasteiger partial charge in [-0.2, -0.15) is 13.2 Å². The Morgan fingerprint density at radius 2 is 1.53 bits per heavy atom. The number of hydrogen-bond donors (Lipinski definition) is 0. The third-order valence-electron chi connectivity index (χ3n) is 2.34. The average Bonchev–Trinajstić information content (AvgIpc) is 2.00. The second-order valence-electron chi connectivity index (χ2n) is 4.62. The lowest BCUT2D eigenvalue weighted by atomic mass is 9.88. The van der Waals surface area contributed by atoms with Crippen molar-refractivity contribution in [2.75, 3.05) is 0 Å². The minimum atomic E-state index is -4.39. The molecule has 4 heteroatoms. The maximum absolute atomic E-state index is 12.6. The van der Waals surface area contributed by atoms with Crippen molar-refractivity contribution in [3.8, 4) is 0 Å². The van der Waals surface area contributed by atoms with E-state index in [-0.39, 0.29) is 12.3 Å². The van der Waals surface area contributed by atoms with Gasteiger partial charge in [0.1, 0.15) is 11.7 Å². The number of alkyl halides is 3. The first-order valence-corrected chi connectivity index (χ1v) is 5.26. The zero-order valence-corrected chi connectivity index (χ0v) is 9.69. The molecular formula is C11H19F3O. The molecule has 0 saturated heterocycles. The van der Waals surface area contributed by atoms with Gasteiger partial charge in [-0.05, 0) is 18.8 Å². The fraction of sp³-hybridized carbons (Fsp3) is 0.909. The number of carbonyl (C=O) groups excluding carboxylic acids is 1. The van der Waals surface area contributed by atoms with Crippen LogP contribution in [0.15, 0.2) is 0 Å². The summed E-state index contributed by atoms with van der Waals surface area (Å²) in [6.45, 7) is 6.73. The Kier molecular flexibility index (Phi) is 5.32. The van der Waals surface area contributed by atoms with Gasteiger partial charge in [0.25, 0.3) is 0 Å². The number of halogens is 3. The Bertz CT molecular complexity index is 206. The van der Waals surface area contributed by atoms with E-state index in [1.54, 1.807) is 0 Å². The molecule has 0 radical (unpaired) electrons. The van der Waals surface area contributed by atoms with E-state index in [2.05, 4.69) is 0 Å². The smallest absolute Gasteiger partial charge is 0.299 e. The van der Waals surface area contributed by atoms with Gasteiger partial charge in [0.05, 0.1) is 0 Å². The predicted octanol–water partition coefficient (Wildman–Crippen LogP) is 3.83. The second-order valence-corrected chi connectivity index (χ2v) is 4.62. The first-order valence-electron chi connectivity index (χ1n) is 5.26. The predicted molar refractivity (Wildman–Crippen MR) is 53.5 cm³/mol. The summed E-state index contributed by atoms with van der Waals surface area (Å²) < 4.78 is 37.7. The Morgan fingerprint density at radius 3 is 1.80 bits per heavy atom. The summed E-state index contributed by atoms with van der Waals surface area (Å²) in [5, 5.41) is 0. The van der Waals surface area contributed by atoms with E-state index in [0.29, 0.717) is 6.42 Å². The van der Waals surface area contributed by atoms with Crippen LogP contribution in [-0.2, 0) is 4.79 Å². The van der Waals surface area contributed by atoms with E-state index < -0.39 is 23.8 Å². The molecule has 90 valence electrons. The van der Waals surface area contributed by atoms with Gasteiger partial charge in [0.2, 0.25) is 0 Å². The molecule has 0 bridgehead atoms. The minimum absolute atomic E-state index is 0.0851. The van der Waals surface area contributed by atoms with E-state index in [4.69, 9.17) is 0 Å². The highest BCUT2D eigenvalue weighted by Gasteiger charge is 2.44. The second kappa shape index (κ2) is 5.52. The lowest BCUT2D eigenvalue weighted by Gasteiger charge is -2.21. The number of carbonyl (C=O) groups is 1. The van der Waals surface area contributed by atoms with Crippen LogP contribution in [0.4, 0.5) is 13.2 Å². The van der Waals surface area contributed by atoms with Gasteiger partial charge in [-0.25, -0.2) is 0 Å². The molecule has 0 fully saturated rings. The molecule has 15 heavy (non-hydrogen) atoms. The molecule has 0 rings (SSSR count). The van der Waals surface area contributed by atoms with Gasteiger partial charge < -0.3 is 0 Å². The molecule has 0 aromatic rings. The summed E-state index contributed by atoms with van der Waals surface area (Å²) in [5.74, 6) is -2.83. The number of hydrogen-bond acceptors (Lipinski definition) is 1. The van der Waals surface area contributed by atoms with Gasteiger partial charge in [-0.15, -0.1) is 0 Å². The van der Waals surface area contributed by atoms with Crippen LogP contribution in [0.1, 0.15) is 40.5 Å². The maximum Gasteiger partial charge on any atom is 0.398 e. The van der Waals surface area contributed by atoms with Crippen molar-refractivity contribution in [1.29, 1.82) is 0 Å². The maximum atomic E-state index is 12.6. The van der Waals surface area contributed by atoms with E-state index in [1.165, 1.54) is 13.8 Å². The molecule has 0 amide bonds. The highest BCUT2D eigenvalue weighted by molar-refractivity contribution is 5.83. The quantitative estimate of drug-likeness (QED) is 0.693. The van der Waals surface area contributed by atoms with Gasteiger partial charge in [-0.1, -0.05) is 27.7 Å². The van der Waals surface area contributed by atoms with E-state index in [1.807, 2.05) is 13.8 Å². The van der Waals surface area contributed by atoms with Crippen molar-refractivity contribution in [3.05, 3.63) is 0 Å². The van der Waals surface area contributed by atoms with Crippen LogP contribution < -0.4 is 0 Å². The topological polar surface area (TPSA) is 17.1 Å². The van der Waals surface area contributed by atoms with Crippen LogP contribution in [0, 0.1) is 17.8 Å². The summed E-state index contributed by atoms with van der Waals surface area (Å²) in [7, 11) is 0. The largest absolute Gasteiger partial charge is 0.398 e. The molecule has 0 spiro atoms. The molecule has 0 saturated carbocycles. The van der Waals surface area contributed by atoms with Gasteiger partial charge >= 0.3 is 6.18 Å². The highest BCUT2D eigenvalue weighted by Crippen LogP contribution is 2.33.